The average molecular weight is 1880 g/mol. The van der Waals surface area contributed by atoms with E-state index in [9.17, 15) is 151 Å². The van der Waals surface area contributed by atoms with Gasteiger partial charge in [0.1, 0.15) is 122 Å². The van der Waals surface area contributed by atoms with Gasteiger partial charge in [-0.1, -0.05) is 142 Å². The molecular weight excluding hydrogens is 1740 g/mol. The second kappa shape index (κ2) is 55.0. The Bertz CT molecular complexity index is 3450. The molecule has 0 aromatic carbocycles. The fourth-order valence-corrected chi connectivity index (χ4v) is 17.2. The number of unbranched alkanes of at least 4 members (excludes halogenated alkanes) is 19. The van der Waals surface area contributed by atoms with Crippen molar-refractivity contribution in [2.45, 2.75) is 415 Å². The maximum atomic E-state index is 14.4. The summed E-state index contributed by atoms with van der Waals surface area (Å²) in [4.78, 5) is 106. The number of aliphatic carboxylic acids is 3. The van der Waals surface area contributed by atoms with E-state index in [4.69, 9.17) is 56.8 Å². The van der Waals surface area contributed by atoms with Crippen LogP contribution >= 0.6 is 0 Å². The minimum absolute atomic E-state index is 0.0805. The molecule has 4 amide bonds. The van der Waals surface area contributed by atoms with E-state index in [-0.39, 0.29) is 6.42 Å². The van der Waals surface area contributed by atoms with Crippen LogP contribution in [0.4, 0.5) is 0 Å². The summed E-state index contributed by atoms with van der Waals surface area (Å²) in [5, 5.41) is 260. The smallest absolute Gasteiger partial charge is 0.364 e. The number of aliphatic hydroxyl groups is 19. The molecule has 35 unspecified atom stereocenters. The number of amides is 4. The third kappa shape index (κ3) is 31.2. The number of rotatable bonds is 58. The van der Waals surface area contributed by atoms with Crippen molar-refractivity contribution in [1.29, 1.82) is 0 Å². The van der Waals surface area contributed by atoms with E-state index in [1.807, 2.05) is 0 Å². The lowest BCUT2D eigenvalue weighted by atomic mass is 9.86. The molecule has 130 heavy (non-hydrogen) atoms. The lowest BCUT2D eigenvalue weighted by Crippen LogP contribution is -2.72. The third-order valence-electron chi connectivity index (χ3n) is 24.3. The average Bonchev–Trinajstić information content (AvgIpc) is 0.739. The predicted octanol–water partition coefficient (Wildman–Crippen LogP) is -5.77. The second-order valence-electron chi connectivity index (χ2n) is 34.6. The molecule has 0 aliphatic carbocycles. The van der Waals surface area contributed by atoms with E-state index in [0.29, 0.717) is 12.8 Å². The molecule has 0 aromatic heterocycles. The molecule has 6 rings (SSSR count). The zero-order chi connectivity index (χ0) is 96.7. The van der Waals surface area contributed by atoms with E-state index in [2.05, 4.69) is 35.1 Å². The molecule has 46 heteroatoms. The van der Waals surface area contributed by atoms with Crippen molar-refractivity contribution < 1.29 is 208 Å². The highest BCUT2D eigenvalue weighted by atomic mass is 16.8. The standard InChI is InChI=1S/C84H144N4O42/c1-7-9-11-13-15-17-18-19-20-22-23-25-27-29-48(99)47(88-58(104)30-28-26-24-21-16-14-12-10-8-2)41-119-77-68(111)67(110)70(56(39-93)121-77)123-78-69(112)75(71(57(40-94)122-78)124-76-46(31-42(3)95)62(105)64(107)53(36-90)120-76)130-84(81(117)118)34-51(102)61(87-45(6)98)74(129-84)66(109)55(38-92)126-83(80(115)116)33-50(101)60(86-44(5)97)73(128-83)65(108)54(37-91)125-82(79(113)114)32-49(100)59(85-43(4)96)72(127-82)63(106)52(103)35-89/h27,29,46-57,59-78,89-94,99-103,105-112H,7-26,28,30-41H2,1-6H3,(H,85,96)(H,86,97)(H,87,98)(H,88,104)(H,113,114)(H,115,116)(H,117,118). The highest BCUT2D eigenvalue weighted by Gasteiger charge is 2.65. The summed E-state index contributed by atoms with van der Waals surface area (Å²) < 4.78 is 71.8. The number of ether oxygens (including phenoxy) is 12. The normalized spacial score (nSPS) is 35.0. The van der Waals surface area contributed by atoms with Crippen LogP contribution < -0.4 is 21.3 Å². The van der Waals surface area contributed by atoms with Crippen molar-refractivity contribution >= 4 is 47.3 Å². The van der Waals surface area contributed by atoms with Gasteiger partial charge in [0.15, 0.2) is 18.9 Å². The summed E-state index contributed by atoms with van der Waals surface area (Å²) >= 11 is 0. The molecule has 26 N–H and O–H groups in total. The number of carboxylic acid groups (broad SMARTS) is 3. The molecule has 6 aliphatic heterocycles. The fourth-order valence-electron chi connectivity index (χ4n) is 17.2. The number of carbonyl (C=O) groups is 8. The van der Waals surface area contributed by atoms with Crippen molar-refractivity contribution in [3.63, 3.8) is 0 Å². The largest absolute Gasteiger partial charge is 0.477 e. The van der Waals surface area contributed by atoms with Gasteiger partial charge in [0.05, 0.1) is 101 Å². The summed E-state index contributed by atoms with van der Waals surface area (Å²) in [5.41, 5.74) is 0. The number of carbonyl (C=O) groups excluding carboxylic acids is 5. The maximum Gasteiger partial charge on any atom is 0.364 e. The zero-order valence-electron chi connectivity index (χ0n) is 74.5. The van der Waals surface area contributed by atoms with Crippen LogP contribution in [0.25, 0.3) is 0 Å². The molecule has 0 aromatic rings. The minimum Gasteiger partial charge on any atom is -0.477 e. The van der Waals surface area contributed by atoms with Gasteiger partial charge < -0.3 is 195 Å². The van der Waals surface area contributed by atoms with Crippen molar-refractivity contribution in [3.05, 3.63) is 12.2 Å². The molecule has 6 heterocycles. The van der Waals surface area contributed by atoms with Gasteiger partial charge in [-0.05, 0) is 26.2 Å². The topological polar surface area (TPSA) is 741 Å². The van der Waals surface area contributed by atoms with Crippen molar-refractivity contribution in [3.8, 4) is 0 Å². The number of allylic oxidation sites excluding steroid dienone is 1. The van der Waals surface area contributed by atoms with Crippen LogP contribution in [0, 0.1) is 5.92 Å². The van der Waals surface area contributed by atoms with E-state index >= 15 is 0 Å². The van der Waals surface area contributed by atoms with E-state index in [1.165, 1.54) is 44.6 Å². The van der Waals surface area contributed by atoms with Gasteiger partial charge >= 0.3 is 17.9 Å². The lowest BCUT2D eigenvalue weighted by molar-refractivity contribution is -0.404. The van der Waals surface area contributed by atoms with Crippen molar-refractivity contribution in [2.24, 2.45) is 5.92 Å². The molecule has 0 saturated carbocycles. The highest BCUT2D eigenvalue weighted by molar-refractivity contribution is 5.79. The molecule has 6 aliphatic rings. The number of carboxylic acids is 3. The molecule has 6 saturated heterocycles. The van der Waals surface area contributed by atoms with Gasteiger partial charge in [-0.2, -0.15) is 0 Å². The highest BCUT2D eigenvalue weighted by Crippen LogP contribution is 2.44. The van der Waals surface area contributed by atoms with Crippen LogP contribution in [-0.4, -0.2) is 413 Å². The van der Waals surface area contributed by atoms with E-state index in [0.717, 1.165) is 111 Å². The number of hydrogen-bond acceptors (Lipinski definition) is 39. The zero-order valence-corrected chi connectivity index (χ0v) is 74.5. The third-order valence-corrected chi connectivity index (χ3v) is 24.3. The van der Waals surface area contributed by atoms with Crippen LogP contribution in [0.1, 0.15) is 208 Å². The monoisotopic (exact) mass is 1880 g/mol. The quantitative estimate of drug-likeness (QED) is 0.0199. The Labute approximate surface area is 753 Å². The first-order valence-electron chi connectivity index (χ1n) is 45.1. The van der Waals surface area contributed by atoms with Crippen LogP contribution in [0.2, 0.25) is 0 Å². The van der Waals surface area contributed by atoms with Gasteiger partial charge in [0.25, 0.3) is 17.4 Å². The maximum absolute atomic E-state index is 14.4. The number of ketones is 1. The second-order valence-corrected chi connectivity index (χ2v) is 34.6. The summed E-state index contributed by atoms with van der Waals surface area (Å²) in [6.07, 6.45) is -41.9. The molecule has 0 radical (unpaired) electrons. The summed E-state index contributed by atoms with van der Waals surface area (Å²) in [5.74, 6) is -23.6. The molecule has 0 spiro atoms. The predicted molar refractivity (Wildman–Crippen MR) is 442 cm³/mol. The molecule has 35 atom stereocenters. The number of nitrogens with one attached hydrogen (secondary N) is 4. The van der Waals surface area contributed by atoms with Crippen LogP contribution in [0.5, 0.6) is 0 Å². The lowest BCUT2D eigenvalue weighted by Gasteiger charge is -2.53. The Hall–Kier alpha value is -5.54. The van der Waals surface area contributed by atoms with Gasteiger partial charge in [0, 0.05) is 58.8 Å². The number of Topliss-reactive ketones (excluding diaryl/α,β-unsaturated/α-hetero) is 1. The molecule has 0 bridgehead atoms. The summed E-state index contributed by atoms with van der Waals surface area (Å²) in [6.45, 7) is -0.684. The van der Waals surface area contributed by atoms with Crippen molar-refractivity contribution in [1.82, 2.24) is 21.3 Å². The minimum atomic E-state index is -3.71. The number of hydrogen-bond donors (Lipinski definition) is 26. The summed E-state index contributed by atoms with van der Waals surface area (Å²) in [6, 6.07) is -7.28. The first kappa shape index (κ1) is 113. The number of aliphatic hydroxyl groups excluding tert-OH is 19. The van der Waals surface area contributed by atoms with Gasteiger partial charge in [-0.15, -0.1) is 0 Å². The molecular formula is C84H144N4O42. The van der Waals surface area contributed by atoms with E-state index < -0.39 is 332 Å². The first-order valence-corrected chi connectivity index (χ1v) is 45.1. The first-order chi connectivity index (χ1) is 61.6. The Kier molecular flexibility index (Phi) is 47.9. The van der Waals surface area contributed by atoms with Crippen LogP contribution in [0.3, 0.4) is 0 Å². The Balaban J connectivity index is 1.35. The van der Waals surface area contributed by atoms with E-state index in [1.54, 1.807) is 6.08 Å². The Morgan fingerprint density at radius 3 is 1.26 bits per heavy atom. The van der Waals surface area contributed by atoms with Crippen LogP contribution in [-0.2, 0) is 95.2 Å². The van der Waals surface area contributed by atoms with Gasteiger partial charge in [-0.25, -0.2) is 14.4 Å². The molecule has 6 fully saturated rings. The Morgan fingerprint density at radius 1 is 0.438 bits per heavy atom. The van der Waals surface area contributed by atoms with Gasteiger partial charge in [-0.3, -0.25) is 19.2 Å². The summed E-state index contributed by atoms with van der Waals surface area (Å²) in [7, 11) is 0. The van der Waals surface area contributed by atoms with Gasteiger partial charge in [0.2, 0.25) is 23.6 Å². The fraction of sp³-hybridized carbons (Fsp3) is 0.881. The molecule has 46 nitrogen and oxygen atoms in total. The van der Waals surface area contributed by atoms with Crippen molar-refractivity contribution in [2.75, 3.05) is 46.2 Å². The molecule has 752 valence electrons. The Morgan fingerprint density at radius 2 is 0.838 bits per heavy atom. The van der Waals surface area contributed by atoms with Crippen LogP contribution in [0.15, 0.2) is 12.2 Å². The SMILES string of the molecule is CCCCCCCCCCCCCC=CC(O)C(COC1OC(CO)C(OC2OC(CO)C(OC3OC(CO)C(O)C(O)C3CC(C)=O)C(OC3(C(=O)O)CC(O)C(NC(C)=O)C(C(O)C(CO)OC4(C(=O)O)CC(O)C(NC(C)=O)C(C(O)C(CO)OC5(C(=O)O)CC(O)C(NC(C)=O)C(C(O)C(O)CO)O5)O4)O3)C2O)C(O)C1O)NC(=O)CCCCCCCCCCC.